The third kappa shape index (κ3) is 2.62. The van der Waals surface area contributed by atoms with E-state index in [0.717, 1.165) is 29.7 Å². The van der Waals surface area contributed by atoms with Gasteiger partial charge in [-0.15, -0.1) is 0 Å². The first kappa shape index (κ1) is 14.8. The van der Waals surface area contributed by atoms with Crippen LogP contribution < -0.4 is 4.90 Å². The van der Waals surface area contributed by atoms with Crippen LogP contribution in [-0.2, 0) is 0 Å². The van der Waals surface area contributed by atoms with Crippen LogP contribution in [0.4, 0.5) is 10.1 Å². The summed E-state index contributed by atoms with van der Waals surface area (Å²) in [5, 5.41) is 1.05. The van der Waals surface area contributed by atoms with Crippen LogP contribution in [0.2, 0.25) is 0 Å². The van der Waals surface area contributed by atoms with E-state index in [4.69, 9.17) is 0 Å². The van der Waals surface area contributed by atoms with Crippen molar-refractivity contribution < 1.29 is 9.18 Å². The second kappa shape index (κ2) is 6.00. The summed E-state index contributed by atoms with van der Waals surface area (Å²) in [5.41, 5.74) is 2.60. The first-order valence-electron chi connectivity index (χ1n) is 8.08. The van der Waals surface area contributed by atoms with Crippen LogP contribution in [0.5, 0.6) is 0 Å². The Morgan fingerprint density at radius 1 is 0.958 bits per heavy atom. The molecule has 0 aliphatic carbocycles. The molecule has 0 spiro atoms. The summed E-state index contributed by atoms with van der Waals surface area (Å²) in [6.07, 6.45) is 1.86. The smallest absolute Gasteiger partial charge is 0.256 e. The van der Waals surface area contributed by atoms with Crippen molar-refractivity contribution in [2.45, 2.75) is 0 Å². The summed E-state index contributed by atoms with van der Waals surface area (Å²) in [4.78, 5) is 20.1. The molecule has 4 rings (SSSR count). The van der Waals surface area contributed by atoms with E-state index in [1.54, 1.807) is 12.1 Å². The lowest BCUT2D eigenvalue weighted by Crippen LogP contribution is -2.48. The number of para-hydroxylation sites is 1. The Morgan fingerprint density at radius 2 is 1.71 bits per heavy atom. The van der Waals surface area contributed by atoms with Crippen molar-refractivity contribution in [1.29, 1.82) is 0 Å². The van der Waals surface area contributed by atoms with Crippen molar-refractivity contribution >= 4 is 22.5 Å². The third-order valence-corrected chi connectivity index (χ3v) is 4.58. The fourth-order valence-corrected chi connectivity index (χ4v) is 3.25. The number of fused-ring (bicyclic) bond motifs is 1. The maximum atomic E-state index is 13.0. The van der Waals surface area contributed by atoms with Gasteiger partial charge in [-0.25, -0.2) is 4.39 Å². The minimum atomic E-state index is -0.230. The lowest BCUT2D eigenvalue weighted by molar-refractivity contribution is 0.0748. The molecule has 1 aliphatic heterocycles. The molecular formula is C19H18FN3O. The van der Waals surface area contributed by atoms with Gasteiger partial charge in [0.25, 0.3) is 5.91 Å². The van der Waals surface area contributed by atoms with Crippen LogP contribution in [-0.4, -0.2) is 42.0 Å². The summed E-state index contributed by atoms with van der Waals surface area (Å²) in [5.74, 6) is -0.173. The molecule has 4 nitrogen and oxygen atoms in total. The van der Waals surface area contributed by atoms with Crippen LogP contribution >= 0.6 is 0 Å². The van der Waals surface area contributed by atoms with E-state index in [-0.39, 0.29) is 11.7 Å². The Labute approximate surface area is 139 Å². The maximum absolute atomic E-state index is 13.0. The first-order chi connectivity index (χ1) is 11.7. The minimum Gasteiger partial charge on any atom is -0.368 e. The molecule has 1 aliphatic rings. The monoisotopic (exact) mass is 323 g/mol. The van der Waals surface area contributed by atoms with Crippen molar-refractivity contribution in [3.8, 4) is 0 Å². The van der Waals surface area contributed by atoms with E-state index in [9.17, 15) is 9.18 Å². The predicted molar refractivity (Wildman–Crippen MR) is 92.8 cm³/mol. The lowest BCUT2D eigenvalue weighted by Gasteiger charge is -2.36. The number of halogens is 1. The Kier molecular flexibility index (Phi) is 3.69. The summed E-state index contributed by atoms with van der Waals surface area (Å²) in [6.45, 7) is 2.82. The number of rotatable bonds is 2. The largest absolute Gasteiger partial charge is 0.368 e. The number of aromatic nitrogens is 1. The van der Waals surface area contributed by atoms with Crippen molar-refractivity contribution in [2.24, 2.45) is 0 Å². The highest BCUT2D eigenvalue weighted by Gasteiger charge is 2.23. The maximum Gasteiger partial charge on any atom is 0.256 e. The Hall–Kier alpha value is -2.82. The lowest BCUT2D eigenvalue weighted by atomic mass is 10.1. The quantitative estimate of drug-likeness (QED) is 0.786. The van der Waals surface area contributed by atoms with Gasteiger partial charge >= 0.3 is 0 Å². The Bertz CT molecular complexity index is 864. The number of hydrogen-bond donors (Lipinski definition) is 1. The van der Waals surface area contributed by atoms with Gasteiger partial charge in [0.05, 0.1) is 11.1 Å². The topological polar surface area (TPSA) is 39.3 Å². The normalized spacial score (nSPS) is 15.0. The average molecular weight is 323 g/mol. The molecule has 0 saturated carbocycles. The highest BCUT2D eigenvalue weighted by atomic mass is 19.1. The average Bonchev–Trinajstić information content (AvgIpc) is 3.11. The van der Waals surface area contributed by atoms with Crippen molar-refractivity contribution in [2.75, 3.05) is 31.1 Å². The van der Waals surface area contributed by atoms with Crippen LogP contribution in [0.15, 0.2) is 54.7 Å². The van der Waals surface area contributed by atoms with Gasteiger partial charge in [-0.05, 0) is 36.4 Å². The molecule has 1 saturated heterocycles. The SMILES string of the molecule is O=C(c1cccc2cc[nH]c12)N1CCN(c2ccc(F)cc2)CC1. The number of benzene rings is 2. The van der Waals surface area contributed by atoms with Crippen molar-refractivity contribution in [3.05, 3.63) is 66.1 Å². The highest BCUT2D eigenvalue weighted by molar-refractivity contribution is 6.05. The molecule has 1 N–H and O–H groups in total. The van der Waals surface area contributed by atoms with Crippen LogP contribution in [0.1, 0.15) is 10.4 Å². The standard InChI is InChI=1S/C19H18FN3O/c20-15-4-6-16(7-5-15)22-10-12-23(13-11-22)19(24)17-3-1-2-14-8-9-21-18(14)17/h1-9,21H,10-13H2. The van der Waals surface area contributed by atoms with E-state index in [2.05, 4.69) is 9.88 Å². The van der Waals surface area contributed by atoms with Crippen LogP contribution in [0.3, 0.4) is 0 Å². The van der Waals surface area contributed by atoms with Crippen LogP contribution in [0.25, 0.3) is 10.9 Å². The van der Waals surface area contributed by atoms with Gasteiger partial charge in [-0.1, -0.05) is 12.1 Å². The summed E-state index contributed by atoms with van der Waals surface area (Å²) < 4.78 is 13.0. The first-order valence-corrected chi connectivity index (χ1v) is 8.08. The molecular weight excluding hydrogens is 305 g/mol. The molecule has 1 aromatic heterocycles. The zero-order chi connectivity index (χ0) is 16.5. The van der Waals surface area contributed by atoms with Crippen LogP contribution in [0, 0.1) is 5.82 Å². The van der Waals surface area contributed by atoms with E-state index in [1.165, 1.54) is 12.1 Å². The van der Waals surface area contributed by atoms with Gasteiger partial charge < -0.3 is 14.8 Å². The number of hydrogen-bond acceptors (Lipinski definition) is 2. The minimum absolute atomic E-state index is 0.0572. The predicted octanol–water partition coefficient (Wildman–Crippen LogP) is 3.27. The molecule has 2 aromatic carbocycles. The molecule has 1 fully saturated rings. The number of nitrogens with zero attached hydrogens (tertiary/aromatic N) is 2. The van der Waals surface area contributed by atoms with Crippen molar-refractivity contribution in [3.63, 3.8) is 0 Å². The zero-order valence-corrected chi connectivity index (χ0v) is 13.2. The number of carbonyl (C=O) groups excluding carboxylic acids is 1. The summed E-state index contributed by atoms with van der Waals surface area (Å²) in [7, 11) is 0. The third-order valence-electron chi connectivity index (χ3n) is 4.58. The molecule has 122 valence electrons. The molecule has 0 atom stereocenters. The molecule has 3 aromatic rings. The van der Waals surface area contributed by atoms with E-state index >= 15 is 0 Å². The molecule has 0 bridgehead atoms. The number of aromatic amines is 1. The second-order valence-electron chi connectivity index (χ2n) is 6.00. The van der Waals surface area contributed by atoms with E-state index in [1.807, 2.05) is 35.4 Å². The van der Waals surface area contributed by atoms with Gasteiger partial charge in [-0.2, -0.15) is 0 Å². The van der Waals surface area contributed by atoms with Gasteiger partial charge in [0, 0.05) is 43.4 Å². The molecule has 2 heterocycles. The molecule has 5 heteroatoms. The number of carbonyl (C=O) groups is 1. The van der Waals surface area contributed by atoms with E-state index < -0.39 is 0 Å². The second-order valence-corrected chi connectivity index (χ2v) is 6.00. The number of anilines is 1. The Balaban J connectivity index is 1.48. The molecule has 0 radical (unpaired) electrons. The van der Waals surface area contributed by atoms with Gasteiger partial charge in [0.1, 0.15) is 5.82 Å². The van der Waals surface area contributed by atoms with E-state index in [0.29, 0.717) is 18.7 Å². The fourth-order valence-electron chi connectivity index (χ4n) is 3.25. The number of nitrogens with one attached hydrogen (secondary N) is 1. The zero-order valence-electron chi connectivity index (χ0n) is 13.2. The number of piperazine rings is 1. The number of H-pyrrole nitrogens is 1. The fraction of sp³-hybridized carbons (Fsp3) is 0.211. The summed E-state index contributed by atoms with van der Waals surface area (Å²) >= 11 is 0. The van der Waals surface area contributed by atoms with Crippen molar-refractivity contribution in [1.82, 2.24) is 9.88 Å². The highest BCUT2D eigenvalue weighted by Crippen LogP contribution is 2.21. The van der Waals surface area contributed by atoms with Gasteiger partial charge in [-0.3, -0.25) is 4.79 Å². The molecule has 1 amide bonds. The Morgan fingerprint density at radius 3 is 2.46 bits per heavy atom. The molecule has 24 heavy (non-hydrogen) atoms. The van der Waals surface area contributed by atoms with Gasteiger partial charge in [0.15, 0.2) is 0 Å². The van der Waals surface area contributed by atoms with Gasteiger partial charge in [0.2, 0.25) is 0 Å². The number of amides is 1. The molecule has 0 unspecified atom stereocenters. The summed E-state index contributed by atoms with van der Waals surface area (Å²) in [6, 6.07) is 14.3.